The number of aliphatic imine (C=N–C) groups is 2. The smallest absolute Gasteiger partial charge is 0.169 e. The van der Waals surface area contributed by atoms with E-state index in [0.717, 1.165) is 45.4 Å². The second-order valence-corrected chi connectivity index (χ2v) is 15.6. The Bertz CT molecular complexity index is 2920. The maximum Gasteiger partial charge on any atom is 0.169 e. The first-order valence-corrected chi connectivity index (χ1v) is 21.0. The van der Waals surface area contributed by atoms with Crippen molar-refractivity contribution in [3.63, 3.8) is 0 Å². The van der Waals surface area contributed by atoms with E-state index in [1.54, 1.807) is 0 Å². The Labute approximate surface area is 362 Å². The van der Waals surface area contributed by atoms with Crippen LogP contribution in [0.5, 0.6) is 0 Å². The minimum Gasteiger partial charge on any atom is -0.327 e. The fourth-order valence-corrected chi connectivity index (χ4v) is 9.17. The first-order valence-electron chi connectivity index (χ1n) is 21.0. The Morgan fingerprint density at radius 3 is 1.40 bits per heavy atom. The van der Waals surface area contributed by atoms with Gasteiger partial charge in [-0.1, -0.05) is 188 Å². The Balaban J connectivity index is 1.08. The molecule has 292 valence electrons. The number of amidine groups is 2. The third-order valence-electron chi connectivity index (χ3n) is 12.1. The molecule has 1 unspecified atom stereocenters. The normalized spacial score (nSPS) is 14.6. The van der Waals surface area contributed by atoms with E-state index in [9.17, 15) is 0 Å². The number of anilines is 3. The van der Waals surface area contributed by atoms with Crippen LogP contribution in [-0.2, 0) is 5.41 Å². The Kier molecular flexibility index (Phi) is 9.33. The van der Waals surface area contributed by atoms with Crippen molar-refractivity contribution in [3.8, 4) is 33.4 Å². The summed E-state index contributed by atoms with van der Waals surface area (Å²) in [5, 5.41) is 3.81. The number of hydrogen-bond donors (Lipinski definition) is 1. The number of benzene rings is 8. The van der Waals surface area contributed by atoms with Crippen molar-refractivity contribution in [1.82, 2.24) is 5.32 Å². The van der Waals surface area contributed by atoms with E-state index in [0.29, 0.717) is 0 Å². The molecular formula is C58H40N4. The summed E-state index contributed by atoms with van der Waals surface area (Å²) < 4.78 is 0. The van der Waals surface area contributed by atoms with E-state index in [-0.39, 0.29) is 0 Å². The predicted octanol–water partition coefficient (Wildman–Crippen LogP) is 13.6. The number of fused-ring (bicyclic) bond motifs is 3. The first kappa shape index (κ1) is 36.8. The first-order chi connectivity index (χ1) is 30.7. The lowest BCUT2D eigenvalue weighted by molar-refractivity contribution is 0.715. The Hall–Kier alpha value is -8.26. The van der Waals surface area contributed by atoms with Gasteiger partial charge < -0.3 is 10.2 Å². The largest absolute Gasteiger partial charge is 0.327 e. The van der Waals surface area contributed by atoms with Gasteiger partial charge in [0.2, 0.25) is 0 Å². The van der Waals surface area contributed by atoms with E-state index < -0.39 is 11.6 Å². The van der Waals surface area contributed by atoms with Crippen molar-refractivity contribution in [3.05, 3.63) is 270 Å². The van der Waals surface area contributed by atoms with Gasteiger partial charge in [0, 0.05) is 22.6 Å². The van der Waals surface area contributed by atoms with Crippen LogP contribution in [0.1, 0.15) is 34.0 Å². The van der Waals surface area contributed by atoms with Crippen LogP contribution in [0.4, 0.5) is 17.1 Å². The van der Waals surface area contributed by atoms with Crippen molar-refractivity contribution in [2.24, 2.45) is 9.98 Å². The maximum atomic E-state index is 5.56. The zero-order valence-electron chi connectivity index (χ0n) is 33.9. The van der Waals surface area contributed by atoms with Crippen LogP contribution in [0.3, 0.4) is 0 Å². The molecule has 2 aliphatic rings. The average molecular weight is 793 g/mol. The Morgan fingerprint density at radius 1 is 0.419 bits per heavy atom. The van der Waals surface area contributed by atoms with Gasteiger partial charge in [-0.05, 0) is 110 Å². The zero-order valence-corrected chi connectivity index (χ0v) is 33.9. The standard InChI is InChI=1S/C58H40N4/c1-5-17-41(18-6-1)43-29-35-48(36-30-43)62(49-37-31-44(32-38-49)42-19-7-2-8-20-42)50-39-33-47(34-40-50)58(53-27-15-13-25-51(53)52-26-14-16-28-54(52)58)57-60-55(45-21-9-3-10-22-45)59-56(61-57)46-23-11-4-12-24-46/h1-3,5-11,13-40,55H,(H,59,60,61). The lowest BCUT2D eigenvalue weighted by Crippen LogP contribution is -2.49. The molecule has 1 aliphatic heterocycles. The van der Waals surface area contributed by atoms with E-state index in [1.807, 2.05) is 24.3 Å². The van der Waals surface area contributed by atoms with Gasteiger partial charge in [0.1, 0.15) is 17.1 Å². The van der Waals surface area contributed by atoms with E-state index in [1.165, 1.54) is 44.5 Å². The van der Waals surface area contributed by atoms with Gasteiger partial charge in [0.05, 0.1) is 0 Å². The quantitative estimate of drug-likeness (QED) is 0.158. The van der Waals surface area contributed by atoms with Crippen molar-refractivity contribution >= 4 is 28.7 Å². The number of nitrogens with one attached hydrogen (secondary N) is 1. The van der Waals surface area contributed by atoms with Gasteiger partial charge in [0.25, 0.3) is 0 Å². The number of hydrogen-bond acceptors (Lipinski definition) is 4. The van der Waals surface area contributed by atoms with Crippen LogP contribution in [-0.4, -0.2) is 11.7 Å². The fraction of sp³-hybridized carbons (Fsp3) is 0.0345. The summed E-state index contributed by atoms with van der Waals surface area (Å²) in [5.41, 5.74) is 14.9. The van der Waals surface area contributed by atoms with Gasteiger partial charge in [-0.15, -0.1) is 0 Å². The lowest BCUT2D eigenvalue weighted by Gasteiger charge is -2.37. The summed E-state index contributed by atoms with van der Waals surface area (Å²) >= 11 is 0. The third-order valence-corrected chi connectivity index (χ3v) is 12.1. The average Bonchev–Trinajstić information content (AvgIpc) is 3.67. The highest BCUT2D eigenvalue weighted by molar-refractivity contribution is 6.17. The maximum absolute atomic E-state index is 5.56. The zero-order chi connectivity index (χ0) is 41.3. The van der Waals surface area contributed by atoms with Crippen LogP contribution < -0.4 is 10.2 Å². The van der Waals surface area contributed by atoms with Crippen molar-refractivity contribution in [2.45, 2.75) is 11.6 Å². The molecule has 0 fully saturated rings. The predicted molar refractivity (Wildman–Crippen MR) is 254 cm³/mol. The molecule has 0 aromatic heterocycles. The molecule has 0 saturated carbocycles. The van der Waals surface area contributed by atoms with E-state index >= 15 is 0 Å². The van der Waals surface area contributed by atoms with Gasteiger partial charge in [0.15, 0.2) is 6.17 Å². The molecule has 0 saturated heterocycles. The molecule has 9 aromatic carbocycles. The van der Waals surface area contributed by atoms with Crippen LogP contribution in [0.2, 0.25) is 0 Å². The van der Waals surface area contributed by atoms with Crippen molar-refractivity contribution in [1.29, 1.82) is 0 Å². The fourth-order valence-electron chi connectivity index (χ4n) is 9.17. The molecule has 1 atom stereocenters. The monoisotopic (exact) mass is 792 g/mol. The van der Waals surface area contributed by atoms with E-state index in [2.05, 4.69) is 229 Å². The van der Waals surface area contributed by atoms with Gasteiger partial charge in [-0.2, -0.15) is 0 Å². The van der Waals surface area contributed by atoms with Crippen LogP contribution >= 0.6 is 0 Å². The molecule has 11 rings (SSSR count). The molecule has 62 heavy (non-hydrogen) atoms. The molecule has 1 aliphatic carbocycles. The minimum absolute atomic E-state index is 0.462. The summed E-state index contributed by atoms with van der Waals surface area (Å²) in [7, 11) is 0. The molecular weight excluding hydrogens is 753 g/mol. The number of rotatable bonds is 9. The molecule has 0 bridgehead atoms. The SMILES string of the molecule is c1ccc(C2=NC(c3ccccc3)N=C(C3(c4ccc(N(c5ccc(-c6ccccc6)cc5)c5ccc(-c6ccccc6)cc5)cc4)c4ccccc4-c4ccccc43)N2)cc#1. The van der Waals surface area contributed by atoms with Crippen LogP contribution in [0.15, 0.2) is 241 Å². The Morgan fingerprint density at radius 2 is 0.887 bits per heavy atom. The summed E-state index contributed by atoms with van der Waals surface area (Å²) in [4.78, 5) is 13.1. The van der Waals surface area contributed by atoms with Crippen LogP contribution in [0, 0.1) is 12.1 Å². The second-order valence-electron chi connectivity index (χ2n) is 15.6. The molecule has 0 amide bonds. The van der Waals surface area contributed by atoms with Gasteiger partial charge >= 0.3 is 0 Å². The van der Waals surface area contributed by atoms with Gasteiger partial charge in [-0.3, -0.25) is 0 Å². The highest BCUT2D eigenvalue weighted by Crippen LogP contribution is 2.54. The molecule has 4 nitrogen and oxygen atoms in total. The minimum atomic E-state index is -0.788. The summed E-state index contributed by atoms with van der Waals surface area (Å²) in [6, 6.07) is 87.8. The summed E-state index contributed by atoms with van der Waals surface area (Å²) in [6.45, 7) is 0. The lowest BCUT2D eigenvalue weighted by atomic mass is 9.71. The molecule has 1 N–H and O–H groups in total. The number of nitrogens with zero attached hydrogens (tertiary/aromatic N) is 3. The summed E-state index contributed by atoms with van der Waals surface area (Å²) in [5.74, 6) is 1.57. The molecule has 0 radical (unpaired) electrons. The molecule has 9 aromatic rings. The molecule has 4 heteroatoms. The van der Waals surface area contributed by atoms with Crippen molar-refractivity contribution < 1.29 is 0 Å². The highest BCUT2D eigenvalue weighted by Gasteiger charge is 2.50. The third kappa shape index (κ3) is 6.45. The van der Waals surface area contributed by atoms with Gasteiger partial charge in [-0.25, -0.2) is 9.98 Å². The topological polar surface area (TPSA) is 40.0 Å². The van der Waals surface area contributed by atoms with E-state index in [4.69, 9.17) is 9.98 Å². The summed E-state index contributed by atoms with van der Waals surface area (Å²) in [6.07, 6.45) is -0.462. The molecule has 1 heterocycles. The van der Waals surface area contributed by atoms with Crippen molar-refractivity contribution in [2.75, 3.05) is 4.90 Å². The van der Waals surface area contributed by atoms with Crippen LogP contribution in [0.25, 0.3) is 33.4 Å². The highest BCUT2D eigenvalue weighted by atomic mass is 15.2. The second kappa shape index (κ2) is 15.7. The molecule has 0 spiro atoms.